The lowest BCUT2D eigenvalue weighted by molar-refractivity contribution is -0.117. The van der Waals surface area contributed by atoms with E-state index < -0.39 is 0 Å². The van der Waals surface area contributed by atoms with Crippen molar-refractivity contribution in [1.82, 2.24) is 19.4 Å². The van der Waals surface area contributed by atoms with Gasteiger partial charge in [-0.25, -0.2) is 4.98 Å². The lowest BCUT2D eigenvalue weighted by Crippen LogP contribution is -2.28. The zero-order chi connectivity index (χ0) is 28.8. The average molecular weight is 593 g/mol. The first-order chi connectivity index (χ1) is 19.3. The Balaban J connectivity index is 1.75. The maximum Gasteiger partial charge on any atom is 0.260 e. The third kappa shape index (κ3) is 6.79. The van der Waals surface area contributed by atoms with E-state index in [0.29, 0.717) is 52.9 Å². The summed E-state index contributed by atoms with van der Waals surface area (Å²) in [4.78, 5) is 35.8. The highest BCUT2D eigenvalue weighted by molar-refractivity contribution is 6.41. The minimum absolute atomic E-state index is 0.0653. The fraction of sp³-hybridized carbons (Fsp3) is 0.500. The smallest absolute Gasteiger partial charge is 0.260 e. The van der Waals surface area contributed by atoms with E-state index in [-0.39, 0.29) is 40.4 Å². The molecule has 40 heavy (non-hydrogen) atoms. The molecule has 0 saturated heterocycles. The van der Waals surface area contributed by atoms with Crippen molar-refractivity contribution in [3.8, 4) is 22.6 Å². The molecule has 2 heterocycles. The molecule has 1 saturated carbocycles. The Bertz CT molecular complexity index is 1380. The summed E-state index contributed by atoms with van der Waals surface area (Å²) < 4.78 is 18.5. The first-order valence-corrected chi connectivity index (χ1v) is 14.1. The summed E-state index contributed by atoms with van der Waals surface area (Å²) in [5.41, 5.74) is 0.708. The number of carbonyl (C=O) groups is 1. The van der Waals surface area contributed by atoms with Crippen molar-refractivity contribution >= 4 is 46.6 Å². The largest absolute Gasteiger partial charge is 0.495 e. The maximum atomic E-state index is 14.1. The number of halogens is 2. The Kier molecular flexibility index (Phi) is 10.1. The minimum atomic E-state index is -0.337. The van der Waals surface area contributed by atoms with Crippen LogP contribution in [0.1, 0.15) is 32.6 Å². The van der Waals surface area contributed by atoms with E-state index in [9.17, 15) is 9.59 Å². The molecule has 1 unspecified atom stereocenters. The fourth-order valence-corrected chi connectivity index (χ4v) is 5.13. The lowest BCUT2D eigenvalue weighted by atomic mass is 10.0. The first-order valence-electron chi connectivity index (χ1n) is 13.3. The minimum Gasteiger partial charge on any atom is -0.495 e. The number of nitrogens with one attached hydrogen (secondary N) is 1. The van der Waals surface area contributed by atoms with E-state index in [4.69, 9.17) is 42.4 Å². The predicted molar refractivity (Wildman–Crippen MR) is 157 cm³/mol. The molecular weight excluding hydrogens is 557 g/mol. The zero-order valence-corrected chi connectivity index (χ0v) is 24.7. The van der Waals surface area contributed by atoms with Crippen LogP contribution in [0.2, 0.25) is 10.0 Å². The van der Waals surface area contributed by atoms with Crippen molar-refractivity contribution in [1.29, 1.82) is 0 Å². The molecule has 1 N–H and O–H groups in total. The molecule has 1 fully saturated rings. The van der Waals surface area contributed by atoms with Gasteiger partial charge in [0, 0.05) is 43.4 Å². The standard InChI is InChI=1S/C28H35Cl2N5O5/c1-5-19(8-9-34(2)16-36)40-11-10-35-26-18(15-32-28(33-26)31-14-17-6-7-17)12-20(27(35)37)23-24(29)21(38-3)13-22(39-4)25(23)30/h12-13,15-17,19H,5-11,14H2,1-4H3,(H,31,32,33). The SMILES string of the molecule is CCC(CCN(C)C=O)OCCn1c(=O)c(-c2c(Cl)c(OC)cc(OC)c2Cl)cc2cnc(NCC3CC3)nc21. The van der Waals surface area contributed by atoms with E-state index in [1.807, 2.05) is 6.92 Å². The van der Waals surface area contributed by atoms with Gasteiger partial charge in [-0.3, -0.25) is 14.2 Å². The van der Waals surface area contributed by atoms with E-state index in [0.717, 1.165) is 19.4 Å². The van der Waals surface area contributed by atoms with Crippen molar-refractivity contribution in [3.05, 3.63) is 38.7 Å². The van der Waals surface area contributed by atoms with Crippen molar-refractivity contribution < 1.29 is 19.0 Å². The number of hydrogen-bond acceptors (Lipinski definition) is 8. The second-order valence-electron chi connectivity index (χ2n) is 9.87. The first kappa shape index (κ1) is 29.9. The Hall–Kier alpha value is -3.08. The molecule has 1 aliphatic rings. The molecule has 10 nitrogen and oxygen atoms in total. The number of anilines is 1. The van der Waals surface area contributed by atoms with Crippen LogP contribution >= 0.6 is 23.2 Å². The average Bonchev–Trinajstić information content (AvgIpc) is 3.80. The number of aromatic nitrogens is 3. The van der Waals surface area contributed by atoms with E-state index in [1.165, 1.54) is 27.1 Å². The maximum absolute atomic E-state index is 14.1. The van der Waals surface area contributed by atoms with Crippen molar-refractivity contribution in [2.45, 2.75) is 45.3 Å². The van der Waals surface area contributed by atoms with Crippen molar-refractivity contribution in [3.63, 3.8) is 0 Å². The molecule has 3 aromatic rings. The summed E-state index contributed by atoms with van der Waals surface area (Å²) in [6, 6.07) is 3.27. The number of nitrogens with zero attached hydrogens (tertiary/aromatic N) is 4. The molecule has 216 valence electrons. The topological polar surface area (TPSA) is 108 Å². The molecule has 1 aromatic carbocycles. The van der Waals surface area contributed by atoms with E-state index >= 15 is 0 Å². The van der Waals surface area contributed by atoms with Gasteiger partial charge in [-0.15, -0.1) is 0 Å². The van der Waals surface area contributed by atoms with Gasteiger partial charge in [-0.05, 0) is 37.7 Å². The Morgan fingerprint density at radius 3 is 2.50 bits per heavy atom. The summed E-state index contributed by atoms with van der Waals surface area (Å²) in [5, 5.41) is 4.31. The van der Waals surface area contributed by atoms with Gasteiger partial charge in [-0.2, -0.15) is 4.98 Å². The number of ether oxygens (including phenoxy) is 3. The highest BCUT2D eigenvalue weighted by Gasteiger charge is 2.24. The molecule has 1 aliphatic carbocycles. The third-order valence-electron chi connectivity index (χ3n) is 7.02. The summed E-state index contributed by atoms with van der Waals surface area (Å²) in [5.74, 6) is 1.75. The molecule has 0 radical (unpaired) electrons. The molecule has 1 amide bonds. The van der Waals surface area contributed by atoms with Crippen LogP contribution in [0.25, 0.3) is 22.2 Å². The number of carbonyl (C=O) groups excluding carboxylic acids is 1. The number of fused-ring (bicyclic) bond motifs is 1. The molecule has 12 heteroatoms. The van der Waals surface area contributed by atoms with Gasteiger partial charge in [0.05, 0.1) is 49.1 Å². The van der Waals surface area contributed by atoms with Gasteiger partial charge < -0.3 is 24.4 Å². The van der Waals surface area contributed by atoms with Crippen LogP contribution in [0.5, 0.6) is 11.5 Å². The Morgan fingerprint density at radius 2 is 1.90 bits per heavy atom. The Labute approximate surface area is 243 Å². The van der Waals surface area contributed by atoms with Crippen LogP contribution in [-0.4, -0.2) is 72.9 Å². The van der Waals surface area contributed by atoms with Gasteiger partial charge in [0.1, 0.15) is 17.1 Å². The summed E-state index contributed by atoms with van der Waals surface area (Å²) in [6.45, 7) is 3.90. The van der Waals surface area contributed by atoms with E-state index in [1.54, 1.807) is 34.8 Å². The summed E-state index contributed by atoms with van der Waals surface area (Å²) in [6.07, 6.45) is 6.26. The number of methoxy groups -OCH3 is 2. The van der Waals surface area contributed by atoms with Crippen LogP contribution in [0, 0.1) is 5.92 Å². The van der Waals surface area contributed by atoms with Gasteiger partial charge in [0.2, 0.25) is 12.4 Å². The molecule has 0 bridgehead atoms. The lowest BCUT2D eigenvalue weighted by Gasteiger charge is -2.20. The predicted octanol–water partition coefficient (Wildman–Crippen LogP) is 4.88. The second kappa shape index (κ2) is 13.5. The summed E-state index contributed by atoms with van der Waals surface area (Å²) in [7, 11) is 4.69. The molecule has 0 aliphatic heterocycles. The van der Waals surface area contributed by atoms with Crippen LogP contribution in [0.15, 0.2) is 23.1 Å². The fourth-order valence-electron chi connectivity index (χ4n) is 4.43. The molecule has 2 aromatic heterocycles. The van der Waals surface area contributed by atoms with Gasteiger partial charge in [0.25, 0.3) is 5.56 Å². The number of pyridine rings is 1. The van der Waals surface area contributed by atoms with Crippen molar-refractivity contribution in [2.24, 2.45) is 5.92 Å². The van der Waals surface area contributed by atoms with Crippen LogP contribution < -0.4 is 20.3 Å². The number of hydrogen-bond donors (Lipinski definition) is 1. The molecule has 1 atom stereocenters. The second-order valence-corrected chi connectivity index (χ2v) is 10.6. The normalized spacial score (nSPS) is 13.8. The number of amides is 1. The van der Waals surface area contributed by atoms with Crippen LogP contribution in [0.4, 0.5) is 5.95 Å². The monoisotopic (exact) mass is 591 g/mol. The molecule has 0 spiro atoms. The van der Waals surface area contributed by atoms with Crippen LogP contribution in [-0.2, 0) is 16.1 Å². The highest BCUT2D eigenvalue weighted by atomic mass is 35.5. The Morgan fingerprint density at radius 1 is 1.20 bits per heavy atom. The highest BCUT2D eigenvalue weighted by Crippen LogP contribution is 2.45. The van der Waals surface area contributed by atoms with Crippen LogP contribution in [0.3, 0.4) is 0 Å². The number of rotatable bonds is 15. The van der Waals surface area contributed by atoms with Gasteiger partial charge in [0.15, 0.2) is 0 Å². The number of benzene rings is 1. The quantitative estimate of drug-likeness (QED) is 0.249. The molecule has 4 rings (SSSR count). The zero-order valence-electron chi connectivity index (χ0n) is 23.2. The van der Waals surface area contributed by atoms with E-state index in [2.05, 4.69) is 10.3 Å². The molecular formula is C28H35Cl2N5O5. The van der Waals surface area contributed by atoms with Gasteiger partial charge >= 0.3 is 0 Å². The van der Waals surface area contributed by atoms with Gasteiger partial charge in [-0.1, -0.05) is 30.1 Å². The third-order valence-corrected chi connectivity index (χ3v) is 7.77. The summed E-state index contributed by atoms with van der Waals surface area (Å²) >= 11 is 13.4. The van der Waals surface area contributed by atoms with Crippen molar-refractivity contribution in [2.75, 3.05) is 46.3 Å².